The molecule has 0 aliphatic carbocycles. The number of amides is 1. The highest BCUT2D eigenvalue weighted by atomic mass is 16.5. The largest absolute Gasteiger partial charge is 0.493 e. The van der Waals surface area contributed by atoms with E-state index in [-0.39, 0.29) is 12.3 Å². The van der Waals surface area contributed by atoms with Crippen molar-refractivity contribution in [1.82, 2.24) is 4.90 Å². The van der Waals surface area contributed by atoms with Gasteiger partial charge in [0.05, 0.1) is 20.1 Å². The van der Waals surface area contributed by atoms with Gasteiger partial charge < -0.3 is 19.5 Å². The number of nitrogens with zero attached hydrogens (tertiary/aromatic N) is 1. The zero-order valence-corrected chi connectivity index (χ0v) is 12.2. The lowest BCUT2D eigenvalue weighted by Gasteiger charge is -2.16. The van der Waals surface area contributed by atoms with Crippen LogP contribution < -0.4 is 9.47 Å². The molecule has 0 aromatic heterocycles. The molecule has 1 N–H and O–H groups in total. The lowest BCUT2D eigenvalue weighted by molar-refractivity contribution is -0.141. The Labute approximate surface area is 123 Å². The fraction of sp³-hybridized carbons (Fsp3) is 0.467. The second-order valence-electron chi connectivity index (χ2n) is 5.02. The van der Waals surface area contributed by atoms with Crippen LogP contribution in [0.4, 0.5) is 0 Å². The van der Waals surface area contributed by atoms with Gasteiger partial charge >= 0.3 is 5.97 Å². The molecule has 1 atom stereocenters. The lowest BCUT2D eigenvalue weighted by Crippen LogP contribution is -2.28. The third kappa shape index (κ3) is 3.45. The fourth-order valence-electron chi connectivity index (χ4n) is 2.45. The van der Waals surface area contributed by atoms with Crippen LogP contribution in [0, 0.1) is 5.92 Å². The van der Waals surface area contributed by atoms with Crippen LogP contribution in [0.5, 0.6) is 11.5 Å². The van der Waals surface area contributed by atoms with E-state index in [0.717, 1.165) is 5.56 Å². The summed E-state index contributed by atoms with van der Waals surface area (Å²) in [4.78, 5) is 24.3. The predicted molar refractivity (Wildman–Crippen MR) is 75.6 cm³/mol. The Bertz CT molecular complexity index is 543. The van der Waals surface area contributed by atoms with Crippen LogP contribution in [0.2, 0.25) is 0 Å². The summed E-state index contributed by atoms with van der Waals surface area (Å²) >= 11 is 0. The van der Waals surface area contributed by atoms with Crippen molar-refractivity contribution in [3.63, 3.8) is 0 Å². The minimum Gasteiger partial charge on any atom is -0.493 e. The average molecular weight is 293 g/mol. The van der Waals surface area contributed by atoms with Gasteiger partial charge in [0.25, 0.3) is 0 Å². The molecule has 0 radical (unpaired) electrons. The Kier molecular flexibility index (Phi) is 4.67. The molecular weight excluding hydrogens is 274 g/mol. The summed E-state index contributed by atoms with van der Waals surface area (Å²) in [6.45, 7) is 0.805. The van der Waals surface area contributed by atoms with Crippen LogP contribution in [0.25, 0.3) is 0 Å². The molecule has 0 saturated carbocycles. The molecule has 0 bridgehead atoms. The maximum absolute atomic E-state index is 11.8. The summed E-state index contributed by atoms with van der Waals surface area (Å²) in [5.41, 5.74) is 1.01. The Morgan fingerprint density at radius 1 is 1.33 bits per heavy atom. The third-order valence-electron chi connectivity index (χ3n) is 3.68. The zero-order chi connectivity index (χ0) is 15.4. The lowest BCUT2D eigenvalue weighted by atomic mass is 10.1. The molecule has 21 heavy (non-hydrogen) atoms. The molecule has 1 aromatic rings. The van der Waals surface area contributed by atoms with Gasteiger partial charge in [-0.05, 0) is 24.1 Å². The molecule has 1 heterocycles. The number of likely N-dealkylation sites (tertiary alicyclic amines) is 1. The van der Waals surface area contributed by atoms with Crippen molar-refractivity contribution in [1.29, 1.82) is 0 Å². The molecule has 0 unspecified atom stereocenters. The van der Waals surface area contributed by atoms with Gasteiger partial charge in [-0.1, -0.05) is 6.07 Å². The Morgan fingerprint density at radius 2 is 2.05 bits per heavy atom. The number of carbonyl (C=O) groups excluding carboxylic acids is 1. The second kappa shape index (κ2) is 6.47. The molecular formula is C15H19NO5. The molecule has 6 nitrogen and oxygen atoms in total. The Morgan fingerprint density at radius 3 is 2.62 bits per heavy atom. The first-order valence-electron chi connectivity index (χ1n) is 6.76. The molecule has 6 heteroatoms. The van der Waals surface area contributed by atoms with Gasteiger partial charge in [0.15, 0.2) is 11.5 Å². The zero-order valence-electron chi connectivity index (χ0n) is 12.2. The molecule has 1 aromatic carbocycles. The smallest absolute Gasteiger partial charge is 0.308 e. The van der Waals surface area contributed by atoms with Crippen molar-refractivity contribution in [3.8, 4) is 11.5 Å². The van der Waals surface area contributed by atoms with E-state index in [0.29, 0.717) is 31.0 Å². The number of hydrogen-bond donors (Lipinski definition) is 1. The van der Waals surface area contributed by atoms with E-state index < -0.39 is 11.9 Å². The van der Waals surface area contributed by atoms with Crippen LogP contribution in [0.15, 0.2) is 18.2 Å². The molecule has 1 aliphatic heterocycles. The quantitative estimate of drug-likeness (QED) is 0.852. The van der Waals surface area contributed by atoms with Crippen LogP contribution >= 0.6 is 0 Å². The SMILES string of the molecule is COc1ccc(CCN2C[C@H](C(=O)O)CC2=O)cc1OC. The van der Waals surface area contributed by atoms with Crippen molar-refractivity contribution in [2.45, 2.75) is 12.8 Å². The summed E-state index contributed by atoms with van der Waals surface area (Å²) in [5.74, 6) is -0.279. The van der Waals surface area contributed by atoms with E-state index in [1.165, 1.54) is 0 Å². The minimum atomic E-state index is -0.906. The number of aliphatic carboxylic acids is 1. The summed E-state index contributed by atoms with van der Waals surface area (Å²) in [5, 5.41) is 8.95. The second-order valence-corrected chi connectivity index (χ2v) is 5.02. The van der Waals surface area contributed by atoms with Crippen molar-refractivity contribution < 1.29 is 24.2 Å². The van der Waals surface area contributed by atoms with Gasteiger partial charge in [-0.15, -0.1) is 0 Å². The van der Waals surface area contributed by atoms with Crippen molar-refractivity contribution in [2.75, 3.05) is 27.3 Å². The highest BCUT2D eigenvalue weighted by Crippen LogP contribution is 2.28. The Hall–Kier alpha value is -2.24. The van der Waals surface area contributed by atoms with Gasteiger partial charge in [0.1, 0.15) is 0 Å². The fourth-order valence-corrected chi connectivity index (χ4v) is 2.45. The normalized spacial score (nSPS) is 17.9. The Balaban J connectivity index is 1.97. The van der Waals surface area contributed by atoms with Gasteiger partial charge in [-0.25, -0.2) is 0 Å². The van der Waals surface area contributed by atoms with Gasteiger partial charge in [-0.2, -0.15) is 0 Å². The van der Waals surface area contributed by atoms with Gasteiger partial charge in [0, 0.05) is 19.5 Å². The number of carboxylic acid groups (broad SMARTS) is 1. The van der Waals surface area contributed by atoms with Crippen molar-refractivity contribution in [3.05, 3.63) is 23.8 Å². The monoisotopic (exact) mass is 293 g/mol. The standard InChI is InChI=1S/C15H19NO5/c1-20-12-4-3-10(7-13(12)21-2)5-6-16-9-11(15(18)19)8-14(16)17/h3-4,7,11H,5-6,8-9H2,1-2H3,(H,18,19)/t11-/m1/s1. The van der Waals surface area contributed by atoms with E-state index in [4.69, 9.17) is 14.6 Å². The highest BCUT2D eigenvalue weighted by molar-refractivity contribution is 5.86. The van der Waals surface area contributed by atoms with E-state index in [1.807, 2.05) is 18.2 Å². The highest BCUT2D eigenvalue weighted by Gasteiger charge is 2.33. The number of benzene rings is 1. The minimum absolute atomic E-state index is 0.0946. The molecule has 114 valence electrons. The van der Waals surface area contributed by atoms with E-state index in [9.17, 15) is 9.59 Å². The number of ether oxygens (including phenoxy) is 2. The van der Waals surface area contributed by atoms with Crippen molar-refractivity contribution in [2.24, 2.45) is 5.92 Å². The maximum atomic E-state index is 11.8. The molecule has 1 fully saturated rings. The summed E-state index contributed by atoms with van der Waals surface area (Å²) in [6.07, 6.45) is 0.750. The van der Waals surface area contributed by atoms with E-state index in [1.54, 1.807) is 19.1 Å². The predicted octanol–water partition coefficient (Wildman–Crippen LogP) is 1.18. The summed E-state index contributed by atoms with van der Waals surface area (Å²) < 4.78 is 10.4. The van der Waals surface area contributed by atoms with E-state index in [2.05, 4.69) is 0 Å². The third-order valence-corrected chi connectivity index (χ3v) is 3.68. The molecule has 0 spiro atoms. The first-order valence-corrected chi connectivity index (χ1v) is 6.76. The molecule has 1 saturated heterocycles. The number of hydrogen-bond acceptors (Lipinski definition) is 4. The van der Waals surface area contributed by atoms with Gasteiger partial charge in [-0.3, -0.25) is 9.59 Å². The number of carboxylic acids is 1. The first kappa shape index (κ1) is 15.2. The van der Waals surface area contributed by atoms with Crippen LogP contribution in [-0.2, 0) is 16.0 Å². The van der Waals surface area contributed by atoms with Crippen molar-refractivity contribution >= 4 is 11.9 Å². The van der Waals surface area contributed by atoms with Gasteiger partial charge in [0.2, 0.25) is 5.91 Å². The number of carbonyl (C=O) groups is 2. The summed E-state index contributed by atoms with van der Waals surface area (Å²) in [7, 11) is 3.15. The maximum Gasteiger partial charge on any atom is 0.308 e. The topological polar surface area (TPSA) is 76.1 Å². The van der Waals surface area contributed by atoms with Crippen LogP contribution in [-0.4, -0.2) is 49.2 Å². The molecule has 2 rings (SSSR count). The van der Waals surface area contributed by atoms with E-state index >= 15 is 0 Å². The summed E-state index contributed by atoms with van der Waals surface area (Å²) in [6, 6.07) is 5.60. The number of rotatable bonds is 6. The molecule has 1 aliphatic rings. The van der Waals surface area contributed by atoms with Crippen LogP contribution in [0.3, 0.4) is 0 Å². The average Bonchev–Trinajstić information content (AvgIpc) is 2.86. The molecule has 1 amide bonds. The number of methoxy groups -OCH3 is 2. The first-order chi connectivity index (χ1) is 10.0. The van der Waals surface area contributed by atoms with Crippen LogP contribution in [0.1, 0.15) is 12.0 Å².